The lowest BCUT2D eigenvalue weighted by atomic mass is 10.1. The average Bonchev–Trinajstić information content (AvgIpc) is 3.34. The van der Waals surface area contributed by atoms with Crippen molar-refractivity contribution < 1.29 is 23.8 Å². The molecule has 0 amide bonds. The van der Waals surface area contributed by atoms with Gasteiger partial charge in [0.2, 0.25) is 0 Å². The van der Waals surface area contributed by atoms with Crippen LogP contribution < -0.4 is 0 Å². The fraction of sp³-hybridized carbons (Fsp3) is 0.619. The molecule has 0 rings (SSSR count). The second kappa shape index (κ2) is 57.4. The van der Waals surface area contributed by atoms with Gasteiger partial charge in [0.05, 0.1) is 6.61 Å². The molecule has 68 heavy (non-hydrogen) atoms. The Morgan fingerprint density at radius 3 is 1.06 bits per heavy atom. The summed E-state index contributed by atoms with van der Waals surface area (Å²) in [6.45, 7) is 7.42. The summed E-state index contributed by atoms with van der Waals surface area (Å²) in [6, 6.07) is 0. The van der Waals surface area contributed by atoms with Gasteiger partial charge in [-0.1, -0.05) is 238 Å². The van der Waals surface area contributed by atoms with Crippen molar-refractivity contribution in [2.75, 3.05) is 19.8 Å². The molecule has 0 heterocycles. The van der Waals surface area contributed by atoms with Crippen molar-refractivity contribution in [2.24, 2.45) is 0 Å². The third-order valence-electron chi connectivity index (χ3n) is 11.2. The summed E-state index contributed by atoms with van der Waals surface area (Å²) in [4.78, 5) is 25.4. The summed E-state index contributed by atoms with van der Waals surface area (Å²) in [5, 5.41) is 0. The highest BCUT2D eigenvalue weighted by Crippen LogP contribution is 2.13. The zero-order valence-electron chi connectivity index (χ0n) is 44.1. The maximum absolute atomic E-state index is 12.8. The van der Waals surface area contributed by atoms with E-state index in [0.717, 1.165) is 77.0 Å². The Morgan fingerprint density at radius 1 is 0.338 bits per heavy atom. The summed E-state index contributed by atoms with van der Waals surface area (Å²) < 4.78 is 17.3. The fourth-order valence-corrected chi connectivity index (χ4v) is 7.13. The van der Waals surface area contributed by atoms with E-state index in [1.54, 1.807) is 0 Å². The van der Waals surface area contributed by atoms with Crippen LogP contribution in [-0.2, 0) is 23.8 Å². The predicted molar refractivity (Wildman–Crippen MR) is 297 cm³/mol. The van der Waals surface area contributed by atoms with Gasteiger partial charge >= 0.3 is 11.9 Å². The number of esters is 2. The Balaban J connectivity index is 4.44. The van der Waals surface area contributed by atoms with Gasteiger partial charge in [0.25, 0.3) is 0 Å². The van der Waals surface area contributed by atoms with Crippen LogP contribution in [0, 0.1) is 0 Å². The first-order valence-corrected chi connectivity index (χ1v) is 27.7. The molecule has 0 saturated carbocycles. The van der Waals surface area contributed by atoms with E-state index in [4.69, 9.17) is 14.2 Å². The van der Waals surface area contributed by atoms with Crippen LogP contribution in [0.3, 0.4) is 0 Å². The molecule has 0 aliphatic heterocycles. The largest absolute Gasteiger partial charge is 0.462 e. The van der Waals surface area contributed by atoms with Crippen LogP contribution in [0.4, 0.5) is 0 Å². The molecule has 5 heteroatoms. The number of carbonyl (C=O) groups is 2. The SMILES string of the molecule is CC/C=C\C/C=C\C/C=C\C/C=C\C/C=C\C/C=C\CCC(=O)OCC(COCCCCCCCCCCCC/C=C\CCCCCCCC)OC(=O)CC/C=C\C/C=C\C/C=C\C/C=C\CC. The summed E-state index contributed by atoms with van der Waals surface area (Å²) in [6.07, 6.45) is 82.2. The lowest BCUT2D eigenvalue weighted by Crippen LogP contribution is -2.30. The van der Waals surface area contributed by atoms with Gasteiger partial charge in [-0.3, -0.25) is 9.59 Å². The number of rotatable bonds is 49. The van der Waals surface area contributed by atoms with Gasteiger partial charge < -0.3 is 14.2 Å². The molecule has 384 valence electrons. The number of ether oxygens (including phenoxy) is 3. The molecule has 0 aliphatic carbocycles. The molecule has 1 unspecified atom stereocenters. The van der Waals surface area contributed by atoms with Crippen LogP contribution in [0.2, 0.25) is 0 Å². The maximum atomic E-state index is 12.8. The molecular formula is C63H102O5. The number of hydrogen-bond donors (Lipinski definition) is 0. The zero-order chi connectivity index (χ0) is 49.2. The first-order valence-electron chi connectivity index (χ1n) is 27.7. The molecule has 0 spiro atoms. The van der Waals surface area contributed by atoms with E-state index in [1.165, 1.54) is 103 Å². The standard InChI is InChI=1S/C63H102O5/c1-4-7-10-13-16-19-22-25-27-29-31-33-35-37-40-43-46-49-52-55-58-66-59-61(68-63(65)57-54-51-48-45-42-38-24-21-18-15-12-9-6-3)60-67-62(64)56-53-50-47-44-41-39-36-34-32-30-28-26-23-20-17-14-11-8-5-2/h8-9,11-12,17-18,20-21,25-28,32,34,38-39,41-42,47-48,50-51,61H,4-7,10,13-16,19,22-24,29-31,33,35-37,40,43-46,49,52-60H2,1-3H3/b11-8-,12-9-,20-17-,21-18-,27-25-,28-26-,34-32-,41-39-,42-38-,50-47-,51-48-. The third-order valence-corrected chi connectivity index (χ3v) is 11.2. The summed E-state index contributed by atoms with van der Waals surface area (Å²) >= 11 is 0. The van der Waals surface area contributed by atoms with Crippen molar-refractivity contribution in [3.8, 4) is 0 Å². The molecule has 0 N–H and O–H groups in total. The van der Waals surface area contributed by atoms with Gasteiger partial charge in [0.1, 0.15) is 6.61 Å². The molecule has 1 atom stereocenters. The molecular weight excluding hydrogens is 837 g/mol. The summed E-state index contributed by atoms with van der Waals surface area (Å²) in [7, 11) is 0. The van der Waals surface area contributed by atoms with E-state index >= 15 is 0 Å². The van der Waals surface area contributed by atoms with Crippen LogP contribution >= 0.6 is 0 Å². The van der Waals surface area contributed by atoms with Crippen molar-refractivity contribution in [2.45, 2.75) is 232 Å². The van der Waals surface area contributed by atoms with Gasteiger partial charge in [0, 0.05) is 19.4 Å². The van der Waals surface area contributed by atoms with E-state index in [1.807, 2.05) is 12.2 Å². The Hall–Kier alpha value is -3.96. The summed E-state index contributed by atoms with van der Waals surface area (Å²) in [5.74, 6) is -0.595. The topological polar surface area (TPSA) is 61.8 Å². The van der Waals surface area contributed by atoms with Crippen LogP contribution in [0.5, 0.6) is 0 Å². The number of allylic oxidation sites excluding steroid dienone is 22. The highest BCUT2D eigenvalue weighted by Gasteiger charge is 2.17. The minimum absolute atomic E-state index is 0.00818. The Morgan fingerprint density at radius 2 is 0.662 bits per heavy atom. The van der Waals surface area contributed by atoms with Crippen molar-refractivity contribution in [3.63, 3.8) is 0 Å². The van der Waals surface area contributed by atoms with E-state index in [-0.39, 0.29) is 38.0 Å². The molecule has 0 saturated heterocycles. The first kappa shape index (κ1) is 64.0. The Bertz CT molecular complexity index is 1430. The van der Waals surface area contributed by atoms with Gasteiger partial charge in [-0.2, -0.15) is 0 Å². The first-order chi connectivity index (χ1) is 33.6. The normalized spacial score (nSPS) is 13.3. The monoisotopic (exact) mass is 939 g/mol. The number of hydrogen-bond acceptors (Lipinski definition) is 5. The molecule has 0 fully saturated rings. The quantitative estimate of drug-likeness (QED) is 0.0345. The van der Waals surface area contributed by atoms with Crippen LogP contribution in [0.15, 0.2) is 134 Å². The van der Waals surface area contributed by atoms with Crippen molar-refractivity contribution in [1.82, 2.24) is 0 Å². The second-order valence-electron chi connectivity index (χ2n) is 17.7. The number of carbonyl (C=O) groups excluding carboxylic acids is 2. The smallest absolute Gasteiger partial charge is 0.306 e. The van der Waals surface area contributed by atoms with Crippen LogP contribution in [-0.4, -0.2) is 37.9 Å². The predicted octanol–water partition coefficient (Wildman–Crippen LogP) is 19.1. The summed E-state index contributed by atoms with van der Waals surface area (Å²) in [5.41, 5.74) is 0. The van der Waals surface area contributed by atoms with Gasteiger partial charge in [-0.15, -0.1) is 0 Å². The van der Waals surface area contributed by atoms with Crippen molar-refractivity contribution in [3.05, 3.63) is 134 Å². The van der Waals surface area contributed by atoms with Crippen molar-refractivity contribution >= 4 is 11.9 Å². The molecule has 0 aromatic rings. The molecule has 0 aromatic carbocycles. The van der Waals surface area contributed by atoms with E-state index in [0.29, 0.717) is 19.4 Å². The van der Waals surface area contributed by atoms with Crippen molar-refractivity contribution in [1.29, 1.82) is 0 Å². The van der Waals surface area contributed by atoms with Gasteiger partial charge in [-0.05, 0) is 109 Å². The number of unbranched alkanes of at least 4 members (excludes halogenated alkanes) is 16. The van der Waals surface area contributed by atoms with E-state index in [9.17, 15) is 9.59 Å². The van der Waals surface area contributed by atoms with Crippen LogP contribution in [0.1, 0.15) is 226 Å². The second-order valence-corrected chi connectivity index (χ2v) is 17.7. The minimum atomic E-state index is -0.615. The highest BCUT2D eigenvalue weighted by atomic mass is 16.6. The van der Waals surface area contributed by atoms with Gasteiger partial charge in [0.15, 0.2) is 6.10 Å². The zero-order valence-corrected chi connectivity index (χ0v) is 44.1. The van der Waals surface area contributed by atoms with Crippen LogP contribution in [0.25, 0.3) is 0 Å². The molecule has 0 aromatic heterocycles. The molecule has 0 bridgehead atoms. The molecule has 0 radical (unpaired) electrons. The fourth-order valence-electron chi connectivity index (χ4n) is 7.13. The molecule has 0 aliphatic rings. The Labute approximate surface area is 419 Å². The maximum Gasteiger partial charge on any atom is 0.306 e. The Kier molecular flexibility index (Phi) is 54.0. The third kappa shape index (κ3) is 54.6. The van der Waals surface area contributed by atoms with E-state index in [2.05, 4.69) is 142 Å². The lowest BCUT2D eigenvalue weighted by Gasteiger charge is -2.18. The molecule has 5 nitrogen and oxygen atoms in total. The lowest BCUT2D eigenvalue weighted by molar-refractivity contribution is -0.162. The average molecular weight is 940 g/mol. The van der Waals surface area contributed by atoms with Gasteiger partial charge in [-0.25, -0.2) is 0 Å². The minimum Gasteiger partial charge on any atom is -0.462 e. The highest BCUT2D eigenvalue weighted by molar-refractivity contribution is 5.70. The van der Waals surface area contributed by atoms with E-state index < -0.39 is 6.10 Å².